The van der Waals surface area contributed by atoms with Gasteiger partial charge in [0.05, 0.1) is 16.9 Å². The molecule has 0 aliphatic carbocycles. The molecule has 0 radical (unpaired) electrons. The lowest BCUT2D eigenvalue weighted by atomic mass is 9.99. The quantitative estimate of drug-likeness (QED) is 0.676. The molecule has 4 rings (SSSR count). The molecule has 0 amide bonds. The Bertz CT molecular complexity index is 1220. The summed E-state index contributed by atoms with van der Waals surface area (Å²) in [7, 11) is -0.116. The fourth-order valence-electron chi connectivity index (χ4n) is 3.87. The van der Waals surface area contributed by atoms with Crippen LogP contribution in [0.1, 0.15) is 23.4 Å². The number of hydrogen-bond acceptors (Lipinski definition) is 4. The zero-order valence-corrected chi connectivity index (χ0v) is 17.2. The van der Waals surface area contributed by atoms with Gasteiger partial charge in [0.15, 0.2) is 0 Å². The number of benzene rings is 1. The van der Waals surface area contributed by atoms with E-state index in [-0.39, 0.29) is 10.7 Å². The Morgan fingerprint density at radius 3 is 2.54 bits per heavy atom. The molecule has 0 spiro atoms. The van der Waals surface area contributed by atoms with E-state index in [9.17, 15) is 12.8 Å². The molecule has 0 fully saturated rings. The van der Waals surface area contributed by atoms with Crippen LogP contribution in [-0.2, 0) is 17.1 Å². The van der Waals surface area contributed by atoms with E-state index in [1.165, 1.54) is 22.2 Å². The minimum atomic E-state index is -3.87. The summed E-state index contributed by atoms with van der Waals surface area (Å²) >= 11 is 0. The average molecular weight is 402 g/mol. The molecule has 0 N–H and O–H groups in total. The summed E-state index contributed by atoms with van der Waals surface area (Å²) in [5.41, 5.74) is 3.30. The first-order chi connectivity index (χ1) is 13.2. The maximum atomic E-state index is 14.0. The predicted molar refractivity (Wildman–Crippen MR) is 107 cm³/mol. The van der Waals surface area contributed by atoms with Crippen molar-refractivity contribution in [3.8, 4) is 0 Å². The first-order valence-electron chi connectivity index (χ1n) is 9.14. The number of nitrogens with zero attached hydrogens (tertiary/aromatic N) is 4. The summed E-state index contributed by atoms with van der Waals surface area (Å²) in [6.45, 7) is 5.08. The molecule has 3 aromatic rings. The van der Waals surface area contributed by atoms with Crippen molar-refractivity contribution in [3.63, 3.8) is 0 Å². The standard InChI is InChI=1S/C20H23FN4O2S/c1-13-20(14(2)24(4)22-13)28(26,27)25-12-18(15-7-9-23(3)10-8-15)17-11-16(21)5-6-19(17)25/h5-7,11-12H,8-10H2,1-4H3. The van der Waals surface area contributed by atoms with Crippen molar-refractivity contribution in [1.29, 1.82) is 0 Å². The van der Waals surface area contributed by atoms with Crippen LogP contribution in [0, 0.1) is 19.7 Å². The van der Waals surface area contributed by atoms with Crippen LogP contribution >= 0.6 is 0 Å². The topological polar surface area (TPSA) is 60.1 Å². The fourth-order valence-corrected chi connectivity index (χ4v) is 5.65. The molecule has 1 aromatic carbocycles. The van der Waals surface area contributed by atoms with E-state index in [4.69, 9.17) is 0 Å². The number of hydrogen-bond donors (Lipinski definition) is 0. The lowest BCUT2D eigenvalue weighted by Gasteiger charge is -2.21. The molecule has 8 heteroatoms. The van der Waals surface area contributed by atoms with E-state index in [0.29, 0.717) is 22.3 Å². The number of likely N-dealkylation sites (N-methyl/N-ethyl adjacent to an activating group) is 1. The van der Waals surface area contributed by atoms with Crippen LogP contribution in [0.25, 0.3) is 16.5 Å². The van der Waals surface area contributed by atoms with E-state index < -0.39 is 10.0 Å². The van der Waals surface area contributed by atoms with Gasteiger partial charge in [-0.1, -0.05) is 6.08 Å². The van der Waals surface area contributed by atoms with Crippen LogP contribution in [-0.4, -0.2) is 47.2 Å². The van der Waals surface area contributed by atoms with E-state index >= 15 is 0 Å². The number of fused-ring (bicyclic) bond motifs is 1. The van der Waals surface area contributed by atoms with Crippen molar-refractivity contribution in [2.24, 2.45) is 7.05 Å². The van der Waals surface area contributed by atoms with Crippen molar-refractivity contribution in [2.45, 2.75) is 25.2 Å². The van der Waals surface area contributed by atoms with Gasteiger partial charge in [0.2, 0.25) is 0 Å². The molecule has 0 unspecified atom stereocenters. The number of halogens is 1. The number of aryl methyl sites for hydroxylation is 2. The molecule has 0 atom stereocenters. The lowest BCUT2D eigenvalue weighted by molar-refractivity contribution is 0.370. The van der Waals surface area contributed by atoms with Gasteiger partial charge in [-0.15, -0.1) is 0 Å². The van der Waals surface area contributed by atoms with Crippen LogP contribution < -0.4 is 0 Å². The largest absolute Gasteiger partial charge is 0.302 e. The van der Waals surface area contributed by atoms with Crippen molar-refractivity contribution < 1.29 is 12.8 Å². The maximum Gasteiger partial charge on any atom is 0.271 e. The van der Waals surface area contributed by atoms with E-state index in [1.54, 1.807) is 31.8 Å². The third-order valence-corrected chi connectivity index (χ3v) is 7.38. The number of aromatic nitrogens is 3. The zero-order valence-electron chi connectivity index (χ0n) is 16.4. The Hall–Kier alpha value is -2.45. The highest BCUT2D eigenvalue weighted by atomic mass is 32.2. The Morgan fingerprint density at radius 1 is 1.18 bits per heavy atom. The number of rotatable bonds is 3. The highest BCUT2D eigenvalue weighted by Crippen LogP contribution is 2.34. The molecule has 0 bridgehead atoms. The van der Waals surface area contributed by atoms with Gasteiger partial charge in [-0.25, -0.2) is 16.8 Å². The summed E-state index contributed by atoms with van der Waals surface area (Å²) < 4.78 is 43.9. The van der Waals surface area contributed by atoms with E-state index in [0.717, 1.165) is 30.6 Å². The average Bonchev–Trinajstić information content (AvgIpc) is 3.13. The Balaban J connectivity index is 1.98. The van der Waals surface area contributed by atoms with Crippen molar-refractivity contribution in [1.82, 2.24) is 18.7 Å². The fraction of sp³-hybridized carbons (Fsp3) is 0.350. The van der Waals surface area contributed by atoms with Gasteiger partial charge in [0.25, 0.3) is 10.0 Å². The molecule has 148 valence electrons. The van der Waals surface area contributed by atoms with Crippen LogP contribution in [0.2, 0.25) is 0 Å². The van der Waals surface area contributed by atoms with Crippen molar-refractivity contribution in [2.75, 3.05) is 20.1 Å². The minimum absolute atomic E-state index is 0.195. The summed E-state index contributed by atoms with van der Waals surface area (Å²) in [5, 5.41) is 4.86. The molecular weight excluding hydrogens is 379 g/mol. The van der Waals surface area contributed by atoms with Crippen molar-refractivity contribution >= 4 is 26.5 Å². The van der Waals surface area contributed by atoms with Crippen LogP contribution in [0.5, 0.6) is 0 Å². The summed E-state index contributed by atoms with van der Waals surface area (Å²) in [6, 6.07) is 4.24. The van der Waals surface area contributed by atoms with Gasteiger partial charge >= 0.3 is 0 Å². The Kier molecular flexibility index (Phi) is 4.43. The van der Waals surface area contributed by atoms with Gasteiger partial charge in [-0.05, 0) is 51.1 Å². The molecule has 0 saturated carbocycles. The first-order valence-corrected chi connectivity index (χ1v) is 10.6. The summed E-state index contributed by atoms with van der Waals surface area (Å²) in [6.07, 6.45) is 4.50. The second-order valence-electron chi connectivity index (χ2n) is 7.37. The maximum absolute atomic E-state index is 14.0. The molecular formula is C20H23FN4O2S. The molecule has 1 aliphatic rings. The van der Waals surface area contributed by atoms with Crippen LogP contribution in [0.3, 0.4) is 0 Å². The third kappa shape index (κ3) is 2.87. The van der Waals surface area contributed by atoms with Gasteiger partial charge in [0, 0.05) is 37.3 Å². The minimum Gasteiger partial charge on any atom is -0.302 e. The normalized spacial score (nSPS) is 16.0. The second kappa shape index (κ2) is 6.56. The SMILES string of the molecule is Cc1nn(C)c(C)c1S(=O)(=O)n1cc(C2=CCN(C)CC2)c2cc(F)ccc21. The Labute approximate surface area is 163 Å². The van der Waals surface area contributed by atoms with E-state index in [2.05, 4.69) is 16.1 Å². The van der Waals surface area contributed by atoms with Crippen LogP contribution in [0.15, 0.2) is 35.4 Å². The first kappa shape index (κ1) is 18.9. The highest BCUT2D eigenvalue weighted by Gasteiger charge is 2.28. The molecule has 2 aromatic heterocycles. The molecule has 3 heterocycles. The summed E-state index contributed by atoms with van der Waals surface area (Å²) in [5.74, 6) is -0.383. The second-order valence-corrected chi connectivity index (χ2v) is 9.12. The van der Waals surface area contributed by atoms with Gasteiger partial charge in [-0.2, -0.15) is 5.10 Å². The van der Waals surface area contributed by atoms with Gasteiger partial charge < -0.3 is 4.90 Å². The zero-order chi connectivity index (χ0) is 20.2. The van der Waals surface area contributed by atoms with Crippen LogP contribution in [0.4, 0.5) is 4.39 Å². The van der Waals surface area contributed by atoms with Gasteiger partial charge in [-0.3, -0.25) is 4.68 Å². The van der Waals surface area contributed by atoms with E-state index in [1.807, 2.05) is 7.05 Å². The summed E-state index contributed by atoms with van der Waals surface area (Å²) in [4.78, 5) is 2.38. The Morgan fingerprint density at radius 2 is 1.93 bits per heavy atom. The molecule has 0 saturated heterocycles. The highest BCUT2D eigenvalue weighted by molar-refractivity contribution is 7.90. The third-order valence-electron chi connectivity index (χ3n) is 5.45. The molecule has 6 nitrogen and oxygen atoms in total. The smallest absolute Gasteiger partial charge is 0.271 e. The molecule has 28 heavy (non-hydrogen) atoms. The van der Waals surface area contributed by atoms with Gasteiger partial charge in [0.1, 0.15) is 10.7 Å². The monoisotopic (exact) mass is 402 g/mol. The lowest BCUT2D eigenvalue weighted by Crippen LogP contribution is -2.23. The molecule has 1 aliphatic heterocycles. The van der Waals surface area contributed by atoms with Crippen molar-refractivity contribution in [3.05, 3.63) is 53.2 Å². The predicted octanol–water partition coefficient (Wildman–Crippen LogP) is 3.09.